The molecule has 0 spiro atoms. The van der Waals surface area contributed by atoms with E-state index in [2.05, 4.69) is 42.5 Å². The molecule has 1 aromatic heterocycles. The number of fused-ring (bicyclic) bond motifs is 1. The highest BCUT2D eigenvalue weighted by molar-refractivity contribution is 9.11. The molecule has 0 radical (unpaired) electrons. The molecule has 1 aromatic carbocycles. The molecule has 2 aromatic rings. The van der Waals surface area contributed by atoms with Gasteiger partial charge in [-0.15, -0.1) is 0 Å². The van der Waals surface area contributed by atoms with Crippen LogP contribution in [0, 0.1) is 5.92 Å². The number of carbonyl (C=O) groups is 1. The minimum absolute atomic E-state index is 0.154. The summed E-state index contributed by atoms with van der Waals surface area (Å²) in [6.07, 6.45) is 8.68. The van der Waals surface area contributed by atoms with Gasteiger partial charge in [0.2, 0.25) is 0 Å². The zero-order valence-electron chi connectivity index (χ0n) is 12.2. The van der Waals surface area contributed by atoms with Gasteiger partial charge in [0.1, 0.15) is 0 Å². The number of nitrogens with one attached hydrogen (secondary N) is 2. The van der Waals surface area contributed by atoms with Crippen LogP contribution < -0.4 is 5.43 Å². The third-order valence-corrected chi connectivity index (χ3v) is 5.01. The lowest BCUT2D eigenvalue weighted by molar-refractivity contribution is -0.118. The van der Waals surface area contributed by atoms with Crippen LogP contribution in [0.5, 0.6) is 0 Å². The van der Waals surface area contributed by atoms with Gasteiger partial charge < -0.3 is 4.98 Å². The van der Waals surface area contributed by atoms with Crippen LogP contribution >= 0.6 is 27.7 Å². The first-order valence-electron chi connectivity index (χ1n) is 7.14. The van der Waals surface area contributed by atoms with Crippen LogP contribution in [0.2, 0.25) is 0 Å². The quantitative estimate of drug-likeness (QED) is 0.465. The Labute approximate surface area is 146 Å². The van der Waals surface area contributed by atoms with E-state index in [9.17, 15) is 4.79 Å². The Morgan fingerprint density at radius 2 is 2.39 bits per heavy atom. The van der Waals surface area contributed by atoms with Crippen molar-refractivity contribution in [2.24, 2.45) is 11.0 Å². The van der Waals surface area contributed by atoms with Crippen LogP contribution in [0.25, 0.3) is 11.0 Å². The smallest absolute Gasteiger partial charge is 0.250 e. The lowest BCUT2D eigenvalue weighted by atomic mass is 10.0. The summed E-state index contributed by atoms with van der Waals surface area (Å²) in [6.45, 7) is 0. The molecule has 0 saturated carbocycles. The number of carbonyl (C=O) groups excluding carboxylic acids is 1. The molecule has 0 bridgehead atoms. The summed E-state index contributed by atoms with van der Waals surface area (Å²) in [5.41, 5.74) is 4.42. The van der Waals surface area contributed by atoms with Crippen molar-refractivity contribution in [3.63, 3.8) is 0 Å². The molecule has 0 saturated heterocycles. The molecule has 1 aliphatic rings. The fourth-order valence-corrected chi connectivity index (χ4v) is 3.25. The van der Waals surface area contributed by atoms with Crippen LogP contribution in [0.1, 0.15) is 6.42 Å². The number of nitrogens with zero attached hydrogens (tertiary/aromatic N) is 2. The Morgan fingerprint density at radius 1 is 1.52 bits per heavy atom. The minimum Gasteiger partial charge on any atom is -0.333 e. The number of hydrazone groups is 1. The van der Waals surface area contributed by atoms with Gasteiger partial charge in [0, 0.05) is 16.6 Å². The number of H-pyrrole nitrogens is 1. The summed E-state index contributed by atoms with van der Waals surface area (Å²) >= 11 is 4.85. The van der Waals surface area contributed by atoms with Gasteiger partial charge in [-0.2, -0.15) is 5.10 Å². The third kappa shape index (κ3) is 4.33. The van der Waals surface area contributed by atoms with Crippen LogP contribution in [-0.2, 0) is 4.79 Å². The fourth-order valence-electron chi connectivity index (χ4n) is 2.12. The molecular formula is C16H15BrN4OS. The summed E-state index contributed by atoms with van der Waals surface area (Å²) in [7, 11) is 0. The SMILES string of the molecule is O=C(CSc1nc2ccccc2[nH]1)N/N=C/C1CC=CC=C1Br. The molecule has 1 heterocycles. The van der Waals surface area contributed by atoms with Crippen molar-refractivity contribution in [1.29, 1.82) is 0 Å². The van der Waals surface area contributed by atoms with Crippen LogP contribution in [0.4, 0.5) is 0 Å². The summed E-state index contributed by atoms with van der Waals surface area (Å²) < 4.78 is 1.06. The molecule has 7 heteroatoms. The average Bonchev–Trinajstić information content (AvgIpc) is 2.98. The van der Waals surface area contributed by atoms with Gasteiger partial charge in [-0.1, -0.05) is 58.1 Å². The maximum absolute atomic E-state index is 11.8. The van der Waals surface area contributed by atoms with Crippen molar-refractivity contribution in [3.05, 3.63) is 47.0 Å². The molecule has 1 aliphatic carbocycles. The number of aromatic amines is 1. The normalized spacial score (nSPS) is 17.6. The molecule has 1 amide bonds. The molecule has 1 unspecified atom stereocenters. The maximum atomic E-state index is 11.8. The first kappa shape index (κ1) is 16.0. The Bertz CT molecular complexity index is 763. The van der Waals surface area contributed by atoms with Crippen molar-refractivity contribution < 1.29 is 4.79 Å². The Balaban J connectivity index is 1.48. The molecule has 118 valence electrons. The maximum Gasteiger partial charge on any atom is 0.250 e. The Morgan fingerprint density at radius 3 is 3.22 bits per heavy atom. The standard InChI is InChI=1S/C16H15BrN4OS/c17-12-6-2-1-5-11(12)9-18-21-15(22)10-23-16-19-13-7-3-4-8-14(13)20-16/h1-4,6-9,11H,5,10H2,(H,19,20)(H,21,22)/b18-9+. The Hall–Kier alpha value is -1.86. The van der Waals surface area contributed by atoms with Crippen molar-refractivity contribution in [1.82, 2.24) is 15.4 Å². The van der Waals surface area contributed by atoms with Gasteiger partial charge in [-0.25, -0.2) is 10.4 Å². The second-order valence-electron chi connectivity index (χ2n) is 4.98. The van der Waals surface area contributed by atoms with E-state index in [-0.39, 0.29) is 17.6 Å². The number of halogens is 1. The van der Waals surface area contributed by atoms with Crippen LogP contribution in [0.3, 0.4) is 0 Å². The predicted molar refractivity (Wildman–Crippen MR) is 97.7 cm³/mol. The van der Waals surface area contributed by atoms with E-state index in [1.807, 2.05) is 36.4 Å². The number of hydrogen-bond donors (Lipinski definition) is 2. The summed E-state index contributed by atoms with van der Waals surface area (Å²) in [6, 6.07) is 7.78. The van der Waals surface area contributed by atoms with E-state index in [1.54, 1.807) is 6.21 Å². The van der Waals surface area contributed by atoms with Gasteiger partial charge in [0.25, 0.3) is 5.91 Å². The number of amides is 1. The van der Waals surface area contributed by atoms with Crippen molar-refractivity contribution in [2.75, 3.05) is 5.75 Å². The topological polar surface area (TPSA) is 70.1 Å². The number of allylic oxidation sites excluding steroid dienone is 4. The van der Waals surface area contributed by atoms with Crippen LogP contribution in [-0.4, -0.2) is 27.8 Å². The monoisotopic (exact) mass is 390 g/mol. The summed E-state index contributed by atoms with van der Waals surface area (Å²) in [4.78, 5) is 19.4. The van der Waals surface area contributed by atoms with E-state index in [0.29, 0.717) is 0 Å². The molecule has 0 aliphatic heterocycles. The summed E-state index contributed by atoms with van der Waals surface area (Å²) in [5.74, 6) is 0.292. The van der Waals surface area contributed by atoms with Crippen LogP contribution in [0.15, 0.2) is 57.2 Å². The van der Waals surface area contributed by atoms with E-state index >= 15 is 0 Å². The zero-order valence-corrected chi connectivity index (χ0v) is 14.6. The van der Waals surface area contributed by atoms with Gasteiger partial charge in [0.15, 0.2) is 5.16 Å². The second kappa shape index (κ2) is 7.61. The van der Waals surface area contributed by atoms with Crippen molar-refractivity contribution in [2.45, 2.75) is 11.6 Å². The average molecular weight is 391 g/mol. The van der Waals surface area contributed by atoms with Gasteiger partial charge in [0.05, 0.1) is 16.8 Å². The fraction of sp³-hybridized carbons (Fsp3) is 0.188. The molecule has 5 nitrogen and oxygen atoms in total. The van der Waals surface area contributed by atoms with E-state index in [0.717, 1.165) is 27.1 Å². The molecule has 23 heavy (non-hydrogen) atoms. The molecule has 2 N–H and O–H groups in total. The molecule has 0 fully saturated rings. The van der Waals surface area contributed by atoms with E-state index in [4.69, 9.17) is 0 Å². The van der Waals surface area contributed by atoms with Gasteiger partial charge in [-0.3, -0.25) is 4.79 Å². The number of benzene rings is 1. The number of thioether (sulfide) groups is 1. The number of para-hydroxylation sites is 2. The molecular weight excluding hydrogens is 376 g/mol. The minimum atomic E-state index is -0.154. The number of hydrogen-bond acceptors (Lipinski definition) is 4. The molecule has 1 atom stereocenters. The predicted octanol–water partition coefficient (Wildman–Crippen LogP) is 3.61. The second-order valence-corrected chi connectivity index (χ2v) is 6.86. The van der Waals surface area contributed by atoms with Crippen molar-refractivity contribution >= 4 is 50.8 Å². The molecule has 3 rings (SSSR count). The number of imidazole rings is 1. The van der Waals surface area contributed by atoms with Crippen molar-refractivity contribution in [3.8, 4) is 0 Å². The van der Waals surface area contributed by atoms with Gasteiger partial charge in [-0.05, 0) is 18.6 Å². The largest absolute Gasteiger partial charge is 0.333 e. The highest BCUT2D eigenvalue weighted by Gasteiger charge is 2.10. The van der Waals surface area contributed by atoms with Gasteiger partial charge >= 0.3 is 0 Å². The first-order chi connectivity index (χ1) is 11.2. The van der Waals surface area contributed by atoms with E-state index < -0.39 is 0 Å². The lowest BCUT2D eigenvalue weighted by Gasteiger charge is -2.11. The van der Waals surface area contributed by atoms with E-state index in [1.165, 1.54) is 11.8 Å². The Kier molecular flexibility index (Phi) is 5.30. The first-order valence-corrected chi connectivity index (χ1v) is 8.92. The highest BCUT2D eigenvalue weighted by atomic mass is 79.9. The lowest BCUT2D eigenvalue weighted by Crippen LogP contribution is -2.20. The number of rotatable bonds is 5. The zero-order chi connectivity index (χ0) is 16.1. The third-order valence-electron chi connectivity index (χ3n) is 3.29. The number of aromatic nitrogens is 2. The highest BCUT2D eigenvalue weighted by Crippen LogP contribution is 2.23. The summed E-state index contributed by atoms with van der Waals surface area (Å²) in [5, 5.41) is 4.76.